The number of aromatic nitrogens is 5. The highest BCUT2D eigenvalue weighted by atomic mass is 19.1. The normalized spacial score (nSPS) is 11.3. The molecule has 2 heterocycles. The fourth-order valence-corrected chi connectivity index (χ4v) is 3.41. The summed E-state index contributed by atoms with van der Waals surface area (Å²) in [6, 6.07) is 12.8. The van der Waals surface area contributed by atoms with Crippen molar-refractivity contribution in [3.05, 3.63) is 75.2 Å². The van der Waals surface area contributed by atoms with E-state index in [0.29, 0.717) is 11.3 Å². The van der Waals surface area contributed by atoms with E-state index in [1.807, 2.05) is 38.4 Å². The van der Waals surface area contributed by atoms with Crippen molar-refractivity contribution in [2.75, 3.05) is 32.5 Å². The minimum Gasteiger partial charge on any atom is -0.385 e. The molecule has 0 fully saturated rings. The molecule has 33 heavy (non-hydrogen) atoms. The molecule has 0 saturated carbocycles. The lowest BCUT2D eigenvalue weighted by atomic mass is 10.2. The number of hydrogen-bond donors (Lipinski definition) is 1. The first kappa shape index (κ1) is 22.3. The third kappa shape index (κ3) is 4.65. The van der Waals surface area contributed by atoms with Gasteiger partial charge in [0.25, 0.3) is 5.56 Å². The van der Waals surface area contributed by atoms with E-state index >= 15 is 0 Å². The highest BCUT2D eigenvalue weighted by Gasteiger charge is 2.17. The Kier molecular flexibility index (Phi) is 6.27. The molecule has 4 rings (SSSR count). The molecule has 1 N–H and O–H groups in total. The van der Waals surface area contributed by atoms with Gasteiger partial charge in [0.2, 0.25) is 0 Å². The highest BCUT2D eigenvalue weighted by molar-refractivity contribution is 5.73. The van der Waals surface area contributed by atoms with Crippen molar-refractivity contribution in [2.24, 2.45) is 7.05 Å². The number of nitrogens with one attached hydrogen (secondary N) is 1. The molecular weight excluding hydrogens is 425 g/mol. The first-order valence-electron chi connectivity index (χ1n) is 10.5. The summed E-state index contributed by atoms with van der Waals surface area (Å²) in [6.07, 6.45) is 1.02. The Balaban J connectivity index is 1.69. The Bertz CT molecular complexity index is 1390. The molecule has 170 valence electrons. The van der Waals surface area contributed by atoms with Crippen molar-refractivity contribution >= 4 is 16.9 Å². The molecule has 0 aliphatic rings. The Morgan fingerprint density at radius 3 is 2.36 bits per heavy atom. The van der Waals surface area contributed by atoms with E-state index in [4.69, 9.17) is 0 Å². The SMILES string of the molecule is CN(C)CCCNc1ccc(-c2nnc3c(n2)c(=O)n(C)c(=O)n3-c2ccc(F)cc2)cc1. The molecule has 0 bridgehead atoms. The Hall–Kier alpha value is -3.92. The van der Waals surface area contributed by atoms with Crippen LogP contribution >= 0.6 is 0 Å². The first-order chi connectivity index (χ1) is 15.8. The topological polar surface area (TPSA) is 97.9 Å². The van der Waals surface area contributed by atoms with Gasteiger partial charge in [-0.25, -0.2) is 18.7 Å². The number of halogens is 1. The average Bonchev–Trinajstić information content (AvgIpc) is 2.82. The van der Waals surface area contributed by atoms with Gasteiger partial charge in [0.05, 0.1) is 5.69 Å². The van der Waals surface area contributed by atoms with E-state index in [9.17, 15) is 14.0 Å². The van der Waals surface area contributed by atoms with Crippen molar-refractivity contribution in [1.29, 1.82) is 0 Å². The van der Waals surface area contributed by atoms with Gasteiger partial charge in [-0.15, -0.1) is 10.2 Å². The van der Waals surface area contributed by atoms with Gasteiger partial charge in [-0.2, -0.15) is 0 Å². The van der Waals surface area contributed by atoms with E-state index in [0.717, 1.165) is 29.8 Å². The van der Waals surface area contributed by atoms with Gasteiger partial charge in [-0.05, 0) is 75.6 Å². The fourth-order valence-electron chi connectivity index (χ4n) is 3.41. The molecule has 0 unspecified atom stereocenters. The molecule has 0 atom stereocenters. The number of rotatable bonds is 7. The zero-order valence-corrected chi connectivity index (χ0v) is 18.6. The van der Waals surface area contributed by atoms with Crippen molar-refractivity contribution in [2.45, 2.75) is 6.42 Å². The van der Waals surface area contributed by atoms with Crippen molar-refractivity contribution in [3.8, 4) is 17.1 Å². The zero-order valence-electron chi connectivity index (χ0n) is 18.6. The molecule has 0 aliphatic carbocycles. The molecule has 2 aromatic heterocycles. The van der Waals surface area contributed by atoms with Crippen LogP contribution < -0.4 is 16.6 Å². The fraction of sp³-hybridized carbons (Fsp3) is 0.261. The summed E-state index contributed by atoms with van der Waals surface area (Å²) in [5, 5.41) is 11.6. The first-order valence-corrected chi connectivity index (χ1v) is 10.5. The zero-order chi connectivity index (χ0) is 23.5. The maximum atomic E-state index is 13.4. The molecule has 0 aliphatic heterocycles. The van der Waals surface area contributed by atoms with Crippen LogP contribution in [0.1, 0.15) is 6.42 Å². The predicted octanol–water partition coefficient (Wildman–Crippen LogP) is 2.04. The standard InChI is InChI=1S/C23H24FN7O2/c1-29(2)14-4-13-25-17-9-5-15(6-10-17)20-26-19-21(28-27-20)31(23(33)30(3)22(19)32)18-11-7-16(24)8-12-18/h5-12,25H,4,13-14H2,1-3H3. The van der Waals surface area contributed by atoms with E-state index in [1.165, 1.54) is 35.9 Å². The molecule has 10 heteroatoms. The largest absolute Gasteiger partial charge is 0.385 e. The van der Waals surface area contributed by atoms with E-state index in [-0.39, 0.29) is 17.0 Å². The van der Waals surface area contributed by atoms with Gasteiger partial charge in [0, 0.05) is 24.8 Å². The lowest BCUT2D eigenvalue weighted by molar-refractivity contribution is 0.405. The second-order valence-corrected chi connectivity index (χ2v) is 7.93. The summed E-state index contributed by atoms with van der Waals surface area (Å²) in [6.45, 7) is 1.85. The third-order valence-corrected chi connectivity index (χ3v) is 5.21. The van der Waals surface area contributed by atoms with Gasteiger partial charge < -0.3 is 10.2 Å². The van der Waals surface area contributed by atoms with Gasteiger partial charge >= 0.3 is 5.69 Å². The molecular formula is C23H24FN7O2. The summed E-state index contributed by atoms with van der Waals surface area (Å²) in [5.74, 6) is -0.175. The Morgan fingerprint density at radius 2 is 1.70 bits per heavy atom. The number of fused-ring (bicyclic) bond motifs is 1. The van der Waals surface area contributed by atoms with E-state index in [2.05, 4.69) is 25.4 Å². The maximum absolute atomic E-state index is 13.4. The highest BCUT2D eigenvalue weighted by Crippen LogP contribution is 2.19. The van der Waals surface area contributed by atoms with Crippen molar-refractivity contribution < 1.29 is 4.39 Å². The van der Waals surface area contributed by atoms with Gasteiger partial charge in [-0.3, -0.25) is 9.36 Å². The van der Waals surface area contributed by atoms with Crippen LogP contribution in [0.4, 0.5) is 10.1 Å². The quantitative estimate of drug-likeness (QED) is 0.431. The Labute approximate surface area is 189 Å². The molecule has 2 aromatic carbocycles. The smallest absolute Gasteiger partial charge is 0.337 e. The lowest BCUT2D eigenvalue weighted by Crippen LogP contribution is -2.38. The second-order valence-electron chi connectivity index (χ2n) is 7.93. The van der Waals surface area contributed by atoms with Crippen LogP contribution in [-0.4, -0.2) is 56.4 Å². The van der Waals surface area contributed by atoms with Gasteiger partial charge in [0.1, 0.15) is 5.82 Å². The van der Waals surface area contributed by atoms with Crippen molar-refractivity contribution in [1.82, 2.24) is 29.2 Å². The van der Waals surface area contributed by atoms with Crippen LogP contribution in [0, 0.1) is 5.82 Å². The minimum absolute atomic E-state index is 0.00249. The number of benzene rings is 2. The second kappa shape index (κ2) is 9.29. The molecule has 0 amide bonds. The molecule has 4 aromatic rings. The van der Waals surface area contributed by atoms with Crippen LogP contribution in [-0.2, 0) is 7.05 Å². The lowest BCUT2D eigenvalue weighted by Gasteiger charge is -2.12. The summed E-state index contributed by atoms with van der Waals surface area (Å²) < 4.78 is 15.5. The monoisotopic (exact) mass is 449 g/mol. The van der Waals surface area contributed by atoms with E-state index < -0.39 is 17.1 Å². The number of anilines is 1. The summed E-state index contributed by atoms with van der Waals surface area (Å²) in [5.41, 5.74) is 0.818. The van der Waals surface area contributed by atoms with Crippen LogP contribution in [0.5, 0.6) is 0 Å². The minimum atomic E-state index is -0.618. The van der Waals surface area contributed by atoms with Crippen LogP contribution in [0.25, 0.3) is 28.2 Å². The molecule has 0 spiro atoms. The van der Waals surface area contributed by atoms with Gasteiger partial charge in [-0.1, -0.05) is 0 Å². The van der Waals surface area contributed by atoms with E-state index in [1.54, 1.807) is 0 Å². The molecule has 0 radical (unpaired) electrons. The maximum Gasteiger partial charge on any atom is 0.337 e. The van der Waals surface area contributed by atoms with Crippen LogP contribution in [0.15, 0.2) is 58.1 Å². The molecule has 9 nitrogen and oxygen atoms in total. The number of nitrogens with zero attached hydrogens (tertiary/aromatic N) is 6. The summed E-state index contributed by atoms with van der Waals surface area (Å²) >= 11 is 0. The van der Waals surface area contributed by atoms with Crippen LogP contribution in [0.3, 0.4) is 0 Å². The predicted molar refractivity (Wildman–Crippen MR) is 125 cm³/mol. The van der Waals surface area contributed by atoms with Gasteiger partial charge in [0.15, 0.2) is 17.0 Å². The number of hydrogen-bond acceptors (Lipinski definition) is 7. The third-order valence-electron chi connectivity index (χ3n) is 5.21. The van der Waals surface area contributed by atoms with Crippen molar-refractivity contribution in [3.63, 3.8) is 0 Å². The Morgan fingerprint density at radius 1 is 1.00 bits per heavy atom. The summed E-state index contributed by atoms with van der Waals surface area (Å²) in [7, 11) is 5.44. The average molecular weight is 449 g/mol. The van der Waals surface area contributed by atoms with Crippen LogP contribution in [0.2, 0.25) is 0 Å². The molecule has 0 saturated heterocycles. The summed E-state index contributed by atoms with van der Waals surface area (Å²) in [4.78, 5) is 32.1.